The highest BCUT2D eigenvalue weighted by Crippen LogP contribution is 2.29. The maximum Gasteiger partial charge on any atom is 0.335 e. The lowest BCUT2D eigenvalue weighted by Crippen LogP contribution is -2.37. The molecule has 0 aliphatic heterocycles. The number of aromatic carboxylic acids is 1. The van der Waals surface area contributed by atoms with Crippen molar-refractivity contribution in [2.45, 2.75) is 32.1 Å². The van der Waals surface area contributed by atoms with E-state index < -0.39 is 5.97 Å². The van der Waals surface area contributed by atoms with Crippen molar-refractivity contribution in [3.05, 3.63) is 70.2 Å². The molecule has 0 bridgehead atoms. The van der Waals surface area contributed by atoms with E-state index in [2.05, 4.69) is 5.32 Å². The van der Waals surface area contributed by atoms with E-state index in [0.717, 1.165) is 5.56 Å². The second-order valence-corrected chi connectivity index (χ2v) is 7.01. The maximum absolute atomic E-state index is 12.2. The molecule has 2 aromatic rings. The fourth-order valence-corrected chi connectivity index (χ4v) is 3.10. The molecule has 1 amide bonds. The Morgan fingerprint density at radius 3 is 2.40 bits per heavy atom. The van der Waals surface area contributed by atoms with Gasteiger partial charge in [-0.1, -0.05) is 61.8 Å². The van der Waals surface area contributed by atoms with Crippen molar-refractivity contribution >= 4 is 23.5 Å². The average molecular weight is 360 g/mol. The smallest absolute Gasteiger partial charge is 0.335 e. The number of amides is 1. The zero-order valence-electron chi connectivity index (χ0n) is 14.4. The first-order valence-corrected chi connectivity index (χ1v) is 8.52. The van der Waals surface area contributed by atoms with Gasteiger partial charge in [0.15, 0.2) is 0 Å². The predicted molar refractivity (Wildman–Crippen MR) is 99.2 cm³/mol. The van der Waals surface area contributed by atoms with Crippen LogP contribution in [0.2, 0.25) is 5.02 Å². The Labute approximate surface area is 152 Å². The molecule has 2 rings (SSSR count). The second-order valence-electron chi connectivity index (χ2n) is 6.60. The summed E-state index contributed by atoms with van der Waals surface area (Å²) in [6.45, 7) is 4.50. The van der Waals surface area contributed by atoms with Crippen LogP contribution >= 0.6 is 11.6 Å². The molecule has 0 fully saturated rings. The normalized spacial score (nSPS) is 11.2. The molecular weight excluding hydrogens is 338 g/mol. The summed E-state index contributed by atoms with van der Waals surface area (Å²) in [6.07, 6.45) is 0.629. The van der Waals surface area contributed by atoms with E-state index in [1.807, 2.05) is 38.1 Å². The van der Waals surface area contributed by atoms with Crippen molar-refractivity contribution in [2.75, 3.05) is 6.54 Å². The molecule has 5 heteroatoms. The summed E-state index contributed by atoms with van der Waals surface area (Å²) in [4.78, 5) is 23.4. The number of hydrogen-bond donors (Lipinski definition) is 2. The summed E-state index contributed by atoms with van der Waals surface area (Å²) in [5.41, 5.74) is 1.59. The third-order valence-electron chi connectivity index (χ3n) is 4.20. The van der Waals surface area contributed by atoms with Crippen LogP contribution in [0.5, 0.6) is 0 Å². The summed E-state index contributed by atoms with van der Waals surface area (Å²) in [7, 11) is 0. The van der Waals surface area contributed by atoms with Gasteiger partial charge in [0.1, 0.15) is 0 Å². The molecule has 0 unspecified atom stereocenters. The van der Waals surface area contributed by atoms with Crippen molar-refractivity contribution in [1.29, 1.82) is 0 Å². The minimum Gasteiger partial charge on any atom is -0.478 e. The highest BCUT2D eigenvalue weighted by atomic mass is 35.5. The predicted octanol–water partition coefficient (Wildman–Crippen LogP) is 4.06. The highest BCUT2D eigenvalue weighted by Gasteiger charge is 2.23. The van der Waals surface area contributed by atoms with Crippen molar-refractivity contribution in [3.8, 4) is 0 Å². The summed E-state index contributed by atoms with van der Waals surface area (Å²) in [5.74, 6) is -1.09. The van der Waals surface area contributed by atoms with Crippen LogP contribution in [0.15, 0.2) is 48.5 Å². The van der Waals surface area contributed by atoms with E-state index in [-0.39, 0.29) is 23.3 Å². The fraction of sp³-hybridized carbons (Fsp3) is 0.300. The van der Waals surface area contributed by atoms with E-state index >= 15 is 0 Å². The molecule has 0 saturated carbocycles. The van der Waals surface area contributed by atoms with Crippen LogP contribution in [0.4, 0.5) is 0 Å². The first-order valence-electron chi connectivity index (χ1n) is 8.14. The van der Waals surface area contributed by atoms with Gasteiger partial charge >= 0.3 is 5.97 Å². The number of aryl methyl sites for hydroxylation is 1. The molecule has 0 atom stereocenters. The van der Waals surface area contributed by atoms with Crippen LogP contribution in [0.1, 0.15) is 41.8 Å². The molecule has 2 aromatic carbocycles. The number of halogens is 1. The van der Waals surface area contributed by atoms with Gasteiger partial charge in [-0.25, -0.2) is 4.79 Å². The van der Waals surface area contributed by atoms with Gasteiger partial charge in [0.25, 0.3) is 0 Å². The quantitative estimate of drug-likeness (QED) is 0.783. The maximum atomic E-state index is 12.2. The number of benzene rings is 2. The van der Waals surface area contributed by atoms with Crippen LogP contribution < -0.4 is 5.32 Å². The number of carbonyl (C=O) groups excluding carboxylic acids is 1. The fourth-order valence-electron chi connectivity index (χ4n) is 2.71. The molecule has 25 heavy (non-hydrogen) atoms. The van der Waals surface area contributed by atoms with E-state index in [1.165, 1.54) is 0 Å². The van der Waals surface area contributed by atoms with E-state index in [9.17, 15) is 14.7 Å². The number of carbonyl (C=O) groups is 2. The van der Waals surface area contributed by atoms with Gasteiger partial charge in [0.05, 0.1) is 5.56 Å². The molecular formula is C20H22ClNO3. The van der Waals surface area contributed by atoms with Crippen LogP contribution in [0.25, 0.3) is 0 Å². The number of hydrogen-bond acceptors (Lipinski definition) is 2. The molecule has 4 nitrogen and oxygen atoms in total. The Kier molecular flexibility index (Phi) is 6.21. The molecule has 0 radical (unpaired) electrons. The van der Waals surface area contributed by atoms with E-state index in [4.69, 9.17) is 11.6 Å². The van der Waals surface area contributed by atoms with Gasteiger partial charge < -0.3 is 10.4 Å². The largest absolute Gasteiger partial charge is 0.478 e. The standard InChI is InChI=1S/C20H22ClNO3/c1-20(2,16-9-5-6-10-17(16)21)13-22-18(23)12-11-14-7-3-4-8-15(14)19(24)25/h3-10H,11-13H2,1-2H3,(H,22,23)(H,24,25). The highest BCUT2D eigenvalue weighted by molar-refractivity contribution is 6.31. The van der Waals surface area contributed by atoms with Crippen LogP contribution in [-0.2, 0) is 16.6 Å². The number of carboxylic acid groups (broad SMARTS) is 1. The van der Waals surface area contributed by atoms with Crippen molar-refractivity contribution in [3.63, 3.8) is 0 Å². The molecule has 0 aliphatic carbocycles. The van der Waals surface area contributed by atoms with E-state index in [0.29, 0.717) is 23.6 Å². The van der Waals surface area contributed by atoms with Gasteiger partial charge in [-0.3, -0.25) is 4.79 Å². The minimum absolute atomic E-state index is 0.111. The molecule has 0 heterocycles. The molecule has 0 aromatic heterocycles. The monoisotopic (exact) mass is 359 g/mol. The topological polar surface area (TPSA) is 66.4 Å². The van der Waals surface area contributed by atoms with Crippen LogP contribution in [0.3, 0.4) is 0 Å². The first kappa shape index (κ1) is 19.0. The van der Waals surface area contributed by atoms with Gasteiger partial charge in [-0.05, 0) is 29.7 Å². The Morgan fingerprint density at radius 2 is 1.72 bits per heavy atom. The zero-order chi connectivity index (χ0) is 18.4. The summed E-state index contributed by atoms with van der Waals surface area (Å²) >= 11 is 6.24. The Bertz CT molecular complexity index is 771. The van der Waals surface area contributed by atoms with Crippen LogP contribution in [-0.4, -0.2) is 23.5 Å². The zero-order valence-corrected chi connectivity index (χ0v) is 15.1. The molecule has 2 N–H and O–H groups in total. The number of carboxylic acids is 1. The van der Waals surface area contributed by atoms with Gasteiger partial charge in [0, 0.05) is 23.4 Å². The minimum atomic E-state index is -0.976. The van der Waals surface area contributed by atoms with Crippen molar-refractivity contribution in [2.24, 2.45) is 0 Å². The summed E-state index contributed by atoms with van der Waals surface area (Å²) in [6, 6.07) is 14.3. The van der Waals surface area contributed by atoms with Crippen LogP contribution in [0, 0.1) is 0 Å². The average Bonchev–Trinajstić information content (AvgIpc) is 2.58. The summed E-state index contributed by atoms with van der Waals surface area (Å²) in [5, 5.41) is 12.8. The lowest BCUT2D eigenvalue weighted by atomic mass is 9.84. The molecule has 0 spiro atoms. The summed E-state index contributed by atoms with van der Waals surface area (Å²) < 4.78 is 0. The molecule has 0 aliphatic rings. The van der Waals surface area contributed by atoms with Gasteiger partial charge in [-0.15, -0.1) is 0 Å². The Hall–Kier alpha value is -2.33. The number of nitrogens with one attached hydrogen (secondary N) is 1. The lowest BCUT2D eigenvalue weighted by Gasteiger charge is -2.26. The Balaban J connectivity index is 1.93. The lowest BCUT2D eigenvalue weighted by molar-refractivity contribution is -0.121. The third kappa shape index (κ3) is 5.07. The Morgan fingerprint density at radius 1 is 1.08 bits per heavy atom. The van der Waals surface area contributed by atoms with Gasteiger partial charge in [-0.2, -0.15) is 0 Å². The molecule has 132 valence electrons. The van der Waals surface area contributed by atoms with Gasteiger partial charge in [0.2, 0.25) is 5.91 Å². The van der Waals surface area contributed by atoms with Crippen molar-refractivity contribution < 1.29 is 14.7 Å². The van der Waals surface area contributed by atoms with Crippen molar-refractivity contribution in [1.82, 2.24) is 5.32 Å². The first-order chi connectivity index (χ1) is 11.8. The van der Waals surface area contributed by atoms with E-state index in [1.54, 1.807) is 24.3 Å². The number of rotatable bonds is 7. The SMILES string of the molecule is CC(C)(CNC(=O)CCc1ccccc1C(=O)O)c1ccccc1Cl. The molecule has 0 saturated heterocycles. The second kappa shape index (κ2) is 8.17. The third-order valence-corrected chi connectivity index (χ3v) is 4.53.